The maximum Gasteiger partial charge on any atom is 0.163 e. The van der Waals surface area contributed by atoms with E-state index >= 15 is 0 Å². The average Bonchev–Trinajstić information content (AvgIpc) is 3.10. The van der Waals surface area contributed by atoms with Gasteiger partial charge in [-0.1, -0.05) is 78.3 Å². The minimum absolute atomic E-state index is 0.703. The van der Waals surface area contributed by atoms with Crippen molar-refractivity contribution < 1.29 is 0 Å². The largest absolute Gasteiger partial charge is 0.236 e. The van der Waals surface area contributed by atoms with E-state index in [-0.39, 0.29) is 0 Å². The minimum atomic E-state index is 0.703. The predicted molar refractivity (Wildman–Crippen MR) is 119 cm³/mol. The highest BCUT2D eigenvalue weighted by molar-refractivity contribution is 6.30. The van der Waals surface area contributed by atoms with Crippen molar-refractivity contribution in [3.63, 3.8) is 0 Å². The van der Waals surface area contributed by atoms with Gasteiger partial charge in [-0.05, 0) is 41.8 Å². The summed E-state index contributed by atoms with van der Waals surface area (Å²) in [6.45, 7) is 2.01. The third kappa shape index (κ3) is 3.20. The normalized spacial score (nSPS) is 11.1. The zero-order valence-corrected chi connectivity index (χ0v) is 16.6. The molecule has 2 heterocycles. The highest BCUT2D eigenvalue weighted by atomic mass is 35.5. The van der Waals surface area contributed by atoms with Gasteiger partial charge in [0, 0.05) is 22.3 Å². The van der Waals surface area contributed by atoms with Crippen molar-refractivity contribution in [2.24, 2.45) is 0 Å². The fourth-order valence-corrected chi connectivity index (χ4v) is 3.91. The Labute approximate surface area is 174 Å². The third-order valence-electron chi connectivity index (χ3n) is 5.09. The first kappa shape index (κ1) is 17.7. The maximum atomic E-state index is 6.21. The molecule has 4 heteroatoms. The van der Waals surface area contributed by atoms with Crippen molar-refractivity contribution in [2.45, 2.75) is 6.92 Å². The second kappa shape index (κ2) is 7.19. The Hall–Kier alpha value is -3.43. The molecule has 29 heavy (non-hydrogen) atoms. The van der Waals surface area contributed by atoms with Gasteiger partial charge < -0.3 is 0 Å². The monoisotopic (exact) mass is 395 g/mol. The lowest BCUT2D eigenvalue weighted by molar-refractivity contribution is 0.925. The second-order valence-corrected chi connectivity index (χ2v) is 7.42. The lowest BCUT2D eigenvalue weighted by Crippen LogP contribution is -1.96. The molecule has 5 aromatic rings. The molecule has 0 saturated carbocycles. The topological polar surface area (TPSA) is 30.2 Å². The summed E-state index contributed by atoms with van der Waals surface area (Å²) in [4.78, 5) is 4.62. The van der Waals surface area contributed by atoms with Gasteiger partial charge in [0.05, 0.1) is 11.4 Å². The quantitative estimate of drug-likeness (QED) is 0.340. The maximum absolute atomic E-state index is 6.21. The van der Waals surface area contributed by atoms with Crippen LogP contribution in [0.25, 0.3) is 39.2 Å². The van der Waals surface area contributed by atoms with Crippen LogP contribution >= 0.6 is 11.6 Å². The number of hydrogen-bond acceptors (Lipinski definition) is 2. The van der Waals surface area contributed by atoms with Crippen molar-refractivity contribution >= 4 is 17.2 Å². The molecule has 0 N–H and O–H groups in total. The Morgan fingerprint density at radius 3 is 2.17 bits per heavy atom. The van der Waals surface area contributed by atoms with E-state index in [4.69, 9.17) is 16.7 Å². The van der Waals surface area contributed by atoms with Crippen molar-refractivity contribution in [3.8, 4) is 33.5 Å². The zero-order chi connectivity index (χ0) is 19.8. The van der Waals surface area contributed by atoms with Gasteiger partial charge in [0.1, 0.15) is 0 Å². The van der Waals surface area contributed by atoms with Crippen LogP contribution in [-0.2, 0) is 0 Å². The van der Waals surface area contributed by atoms with Crippen LogP contribution in [0.5, 0.6) is 0 Å². The Balaban J connectivity index is 1.62. The molecule has 140 valence electrons. The van der Waals surface area contributed by atoms with Gasteiger partial charge in [0.25, 0.3) is 0 Å². The van der Waals surface area contributed by atoms with E-state index in [9.17, 15) is 0 Å². The first-order valence-corrected chi connectivity index (χ1v) is 9.84. The highest BCUT2D eigenvalue weighted by Crippen LogP contribution is 2.32. The standard InChI is InChI=1S/C25H18ClN3/c1-17-24(21-8-5-9-22(26)16-21)25-27-15-14-23(29(25)28-17)20-12-10-19(11-13-20)18-6-3-2-4-7-18/h2-16H,1H3. The molecular weight excluding hydrogens is 378 g/mol. The fourth-order valence-electron chi connectivity index (χ4n) is 3.72. The van der Waals surface area contributed by atoms with Crippen LogP contribution in [0.15, 0.2) is 91.1 Å². The van der Waals surface area contributed by atoms with Crippen LogP contribution in [0.1, 0.15) is 5.69 Å². The summed E-state index contributed by atoms with van der Waals surface area (Å²) in [6, 6.07) is 28.7. The first-order chi connectivity index (χ1) is 14.2. The average molecular weight is 396 g/mol. The summed E-state index contributed by atoms with van der Waals surface area (Å²) in [7, 11) is 0. The van der Waals surface area contributed by atoms with Gasteiger partial charge >= 0.3 is 0 Å². The van der Waals surface area contributed by atoms with Gasteiger partial charge in [0.15, 0.2) is 5.65 Å². The number of aryl methyl sites for hydroxylation is 1. The Bertz CT molecular complexity index is 1310. The number of aromatic nitrogens is 3. The second-order valence-electron chi connectivity index (χ2n) is 6.98. The van der Waals surface area contributed by atoms with Gasteiger partial charge in [0.2, 0.25) is 0 Å². The zero-order valence-electron chi connectivity index (χ0n) is 15.9. The molecule has 3 aromatic carbocycles. The van der Waals surface area contributed by atoms with Crippen molar-refractivity contribution in [3.05, 3.63) is 102 Å². The molecule has 0 saturated heterocycles. The van der Waals surface area contributed by atoms with Crippen LogP contribution in [0, 0.1) is 6.92 Å². The smallest absolute Gasteiger partial charge is 0.163 e. The lowest BCUT2D eigenvalue weighted by atomic mass is 10.0. The SMILES string of the molecule is Cc1nn2c(-c3ccc(-c4ccccc4)cc3)ccnc2c1-c1cccc(Cl)c1. The van der Waals surface area contributed by atoms with E-state index < -0.39 is 0 Å². The number of nitrogens with zero attached hydrogens (tertiary/aromatic N) is 3. The lowest BCUT2D eigenvalue weighted by Gasteiger charge is -2.07. The third-order valence-corrected chi connectivity index (χ3v) is 5.33. The summed E-state index contributed by atoms with van der Waals surface area (Å²) >= 11 is 6.21. The molecule has 0 amide bonds. The van der Waals surface area contributed by atoms with Crippen LogP contribution in [0.3, 0.4) is 0 Å². The molecule has 0 atom stereocenters. The summed E-state index contributed by atoms with van der Waals surface area (Å²) in [5, 5.41) is 5.49. The highest BCUT2D eigenvalue weighted by Gasteiger charge is 2.16. The summed E-state index contributed by atoms with van der Waals surface area (Å²) in [5.74, 6) is 0. The van der Waals surface area contributed by atoms with Crippen LogP contribution in [0.2, 0.25) is 5.02 Å². The van der Waals surface area contributed by atoms with E-state index in [2.05, 4.69) is 53.5 Å². The van der Waals surface area contributed by atoms with Gasteiger partial charge in [-0.3, -0.25) is 0 Å². The Kier molecular flexibility index (Phi) is 4.38. The molecule has 0 radical (unpaired) electrons. The van der Waals surface area contributed by atoms with Crippen molar-refractivity contribution in [2.75, 3.05) is 0 Å². The number of hydrogen-bond donors (Lipinski definition) is 0. The number of rotatable bonds is 3. The van der Waals surface area contributed by atoms with Gasteiger partial charge in [-0.25, -0.2) is 9.50 Å². The Morgan fingerprint density at radius 1 is 0.724 bits per heavy atom. The number of fused-ring (bicyclic) bond motifs is 1. The molecule has 0 bridgehead atoms. The summed E-state index contributed by atoms with van der Waals surface area (Å²) in [5.41, 5.74) is 8.28. The molecule has 0 spiro atoms. The first-order valence-electron chi connectivity index (χ1n) is 9.47. The molecular formula is C25H18ClN3. The van der Waals surface area contributed by atoms with Crippen LogP contribution < -0.4 is 0 Å². The summed E-state index contributed by atoms with van der Waals surface area (Å²) in [6.07, 6.45) is 1.84. The molecule has 5 rings (SSSR count). The van der Waals surface area contributed by atoms with Crippen molar-refractivity contribution in [1.29, 1.82) is 0 Å². The fraction of sp³-hybridized carbons (Fsp3) is 0.0400. The van der Waals surface area contributed by atoms with E-state index in [1.807, 2.05) is 54.0 Å². The molecule has 3 nitrogen and oxygen atoms in total. The van der Waals surface area contributed by atoms with E-state index in [1.165, 1.54) is 11.1 Å². The van der Waals surface area contributed by atoms with E-state index in [0.717, 1.165) is 33.7 Å². The van der Waals surface area contributed by atoms with E-state index in [0.29, 0.717) is 5.02 Å². The molecule has 0 aliphatic carbocycles. The molecule has 0 fully saturated rings. The molecule has 0 aliphatic heterocycles. The van der Waals surface area contributed by atoms with E-state index in [1.54, 1.807) is 0 Å². The van der Waals surface area contributed by atoms with Gasteiger partial charge in [-0.15, -0.1) is 0 Å². The number of benzene rings is 3. The van der Waals surface area contributed by atoms with Crippen molar-refractivity contribution in [1.82, 2.24) is 14.6 Å². The van der Waals surface area contributed by atoms with Crippen LogP contribution in [-0.4, -0.2) is 14.6 Å². The molecule has 0 unspecified atom stereocenters. The number of halogens is 1. The van der Waals surface area contributed by atoms with Crippen LogP contribution in [0.4, 0.5) is 0 Å². The summed E-state index contributed by atoms with van der Waals surface area (Å²) < 4.78 is 1.92. The van der Waals surface area contributed by atoms with Gasteiger partial charge in [-0.2, -0.15) is 5.10 Å². The Morgan fingerprint density at radius 2 is 1.41 bits per heavy atom. The molecule has 2 aromatic heterocycles. The predicted octanol–water partition coefficient (Wildman–Crippen LogP) is 6.69. The molecule has 0 aliphatic rings. The minimum Gasteiger partial charge on any atom is -0.236 e.